The fourth-order valence-corrected chi connectivity index (χ4v) is 1.46. The molecule has 0 aromatic heterocycles. The number of ether oxygens (including phenoxy) is 2. The minimum Gasteiger partial charge on any atom is -0.460 e. The first kappa shape index (κ1) is 13.2. The van der Waals surface area contributed by atoms with Crippen LogP contribution in [0.2, 0.25) is 0 Å². The van der Waals surface area contributed by atoms with Gasteiger partial charge in [-0.3, -0.25) is 0 Å². The van der Waals surface area contributed by atoms with Gasteiger partial charge in [-0.15, -0.1) is 0 Å². The van der Waals surface area contributed by atoms with E-state index in [9.17, 15) is 9.90 Å². The molecule has 1 aliphatic heterocycles. The van der Waals surface area contributed by atoms with Crippen LogP contribution < -0.4 is 5.32 Å². The largest absolute Gasteiger partial charge is 0.460 e. The van der Waals surface area contributed by atoms with Crippen molar-refractivity contribution in [3.8, 4) is 0 Å². The predicted molar refractivity (Wildman–Crippen MR) is 59.0 cm³/mol. The monoisotopic (exact) mass is 229 g/mol. The third-order valence-electron chi connectivity index (χ3n) is 2.31. The van der Waals surface area contributed by atoms with Crippen LogP contribution in [0.3, 0.4) is 0 Å². The molecule has 0 radical (unpaired) electrons. The number of carbonyl (C=O) groups is 1. The van der Waals surface area contributed by atoms with Crippen molar-refractivity contribution in [1.82, 2.24) is 5.32 Å². The van der Waals surface area contributed by atoms with E-state index in [1.54, 1.807) is 6.92 Å². The molecule has 1 rings (SSSR count). The van der Waals surface area contributed by atoms with Crippen LogP contribution in [-0.2, 0) is 14.3 Å². The number of hydrogen-bond donors (Lipinski definition) is 2. The van der Waals surface area contributed by atoms with Gasteiger partial charge in [-0.05, 0) is 13.3 Å². The number of morpholine rings is 1. The van der Waals surface area contributed by atoms with Crippen molar-refractivity contribution < 1.29 is 19.4 Å². The second-order valence-electron chi connectivity index (χ2n) is 3.99. The highest BCUT2D eigenvalue weighted by Gasteiger charge is 2.18. The Kier molecular flexibility index (Phi) is 5.45. The first-order chi connectivity index (χ1) is 7.59. The first-order valence-electron chi connectivity index (χ1n) is 5.41. The molecule has 5 nitrogen and oxygen atoms in total. The van der Waals surface area contributed by atoms with E-state index in [4.69, 9.17) is 9.47 Å². The van der Waals surface area contributed by atoms with Crippen molar-refractivity contribution in [2.45, 2.75) is 25.5 Å². The second-order valence-corrected chi connectivity index (χ2v) is 3.99. The number of hydrogen-bond acceptors (Lipinski definition) is 5. The van der Waals surface area contributed by atoms with Crippen molar-refractivity contribution in [1.29, 1.82) is 0 Å². The first-order valence-corrected chi connectivity index (χ1v) is 5.41. The summed E-state index contributed by atoms with van der Waals surface area (Å²) >= 11 is 0. The van der Waals surface area contributed by atoms with Crippen molar-refractivity contribution >= 4 is 5.97 Å². The van der Waals surface area contributed by atoms with E-state index in [1.807, 2.05) is 0 Å². The van der Waals surface area contributed by atoms with Gasteiger partial charge >= 0.3 is 5.97 Å². The van der Waals surface area contributed by atoms with Gasteiger partial charge in [-0.2, -0.15) is 0 Å². The van der Waals surface area contributed by atoms with E-state index in [1.165, 1.54) is 0 Å². The zero-order valence-corrected chi connectivity index (χ0v) is 9.57. The zero-order chi connectivity index (χ0) is 12.0. The number of rotatable bonds is 5. The van der Waals surface area contributed by atoms with Crippen LogP contribution in [0.15, 0.2) is 12.2 Å². The molecule has 2 atom stereocenters. The summed E-state index contributed by atoms with van der Waals surface area (Å²) in [5, 5.41) is 12.8. The molecule has 2 N–H and O–H groups in total. The lowest BCUT2D eigenvalue weighted by atomic mass is 10.1. The van der Waals surface area contributed by atoms with Gasteiger partial charge in [-0.1, -0.05) is 6.58 Å². The molecule has 0 amide bonds. The Hall–Kier alpha value is -0.910. The van der Waals surface area contributed by atoms with Gasteiger partial charge in [0.2, 0.25) is 0 Å². The summed E-state index contributed by atoms with van der Waals surface area (Å²) in [6.45, 7) is 7.13. The van der Waals surface area contributed by atoms with Crippen LogP contribution >= 0.6 is 0 Å². The van der Waals surface area contributed by atoms with Crippen LogP contribution in [0.4, 0.5) is 0 Å². The highest BCUT2D eigenvalue weighted by Crippen LogP contribution is 2.04. The lowest BCUT2D eigenvalue weighted by molar-refractivity contribution is -0.142. The molecular formula is C11H19NO4. The summed E-state index contributed by atoms with van der Waals surface area (Å²) in [5.41, 5.74) is 0.339. The average Bonchev–Trinajstić information content (AvgIpc) is 2.27. The molecule has 0 aromatic carbocycles. The van der Waals surface area contributed by atoms with Gasteiger partial charge in [-0.25, -0.2) is 4.79 Å². The highest BCUT2D eigenvalue weighted by molar-refractivity contribution is 5.86. The molecular weight excluding hydrogens is 210 g/mol. The van der Waals surface area contributed by atoms with Crippen LogP contribution in [-0.4, -0.2) is 49.6 Å². The Morgan fingerprint density at radius 2 is 2.50 bits per heavy atom. The fourth-order valence-electron chi connectivity index (χ4n) is 1.46. The molecule has 0 aliphatic carbocycles. The predicted octanol–water partition coefficient (Wildman–Crippen LogP) is -0.155. The van der Waals surface area contributed by atoms with E-state index in [-0.39, 0.29) is 12.6 Å². The van der Waals surface area contributed by atoms with Crippen LogP contribution in [0.1, 0.15) is 13.3 Å². The number of esters is 1. The summed E-state index contributed by atoms with van der Waals surface area (Å²) in [6.07, 6.45) is -0.147. The minimum atomic E-state index is -0.664. The smallest absolute Gasteiger partial charge is 0.333 e. The zero-order valence-electron chi connectivity index (χ0n) is 9.57. The second kappa shape index (κ2) is 6.62. The van der Waals surface area contributed by atoms with Crippen molar-refractivity contribution in [2.75, 3.05) is 26.4 Å². The van der Waals surface area contributed by atoms with E-state index < -0.39 is 12.1 Å². The standard InChI is InChI=1S/C11H19NO4/c1-8(2)11(14)16-7-10(13)5-9-6-15-4-3-12-9/h9-10,12-13H,1,3-7H2,2H3. The molecule has 0 bridgehead atoms. The molecule has 1 aliphatic rings. The van der Waals surface area contributed by atoms with Crippen LogP contribution in [0, 0.1) is 0 Å². The van der Waals surface area contributed by atoms with E-state index in [0.717, 1.165) is 6.54 Å². The van der Waals surface area contributed by atoms with Gasteiger partial charge in [0.05, 0.1) is 19.3 Å². The molecule has 1 saturated heterocycles. The molecule has 92 valence electrons. The quantitative estimate of drug-likeness (QED) is 0.507. The molecule has 0 aromatic rings. The third kappa shape index (κ3) is 4.74. The summed E-state index contributed by atoms with van der Waals surface area (Å²) in [7, 11) is 0. The van der Waals surface area contributed by atoms with Crippen molar-refractivity contribution in [3.05, 3.63) is 12.2 Å². The molecule has 0 saturated carbocycles. The molecule has 1 heterocycles. The van der Waals surface area contributed by atoms with Crippen LogP contribution in [0.5, 0.6) is 0 Å². The third-order valence-corrected chi connectivity index (χ3v) is 2.31. The van der Waals surface area contributed by atoms with Gasteiger partial charge in [0, 0.05) is 18.2 Å². The minimum absolute atomic E-state index is 0.00384. The van der Waals surface area contributed by atoms with Crippen molar-refractivity contribution in [3.63, 3.8) is 0 Å². The van der Waals surface area contributed by atoms with Gasteiger partial charge < -0.3 is 19.9 Å². The average molecular weight is 229 g/mol. The maximum absolute atomic E-state index is 11.1. The Labute approximate surface area is 95.4 Å². The lowest BCUT2D eigenvalue weighted by Gasteiger charge is -2.25. The Morgan fingerprint density at radius 1 is 1.75 bits per heavy atom. The highest BCUT2D eigenvalue weighted by atomic mass is 16.5. The molecule has 5 heteroatoms. The maximum atomic E-state index is 11.1. The summed E-state index contributed by atoms with van der Waals surface area (Å²) in [5.74, 6) is -0.466. The summed E-state index contributed by atoms with van der Waals surface area (Å²) in [4.78, 5) is 11.1. The number of carbonyl (C=O) groups excluding carboxylic acids is 1. The molecule has 1 fully saturated rings. The van der Waals surface area contributed by atoms with E-state index in [2.05, 4.69) is 11.9 Å². The van der Waals surface area contributed by atoms with Crippen LogP contribution in [0.25, 0.3) is 0 Å². The Morgan fingerprint density at radius 3 is 3.06 bits per heavy atom. The number of nitrogens with one attached hydrogen (secondary N) is 1. The van der Waals surface area contributed by atoms with E-state index >= 15 is 0 Å². The Balaban J connectivity index is 2.17. The summed E-state index contributed by atoms with van der Waals surface area (Å²) in [6, 6.07) is 0.132. The lowest BCUT2D eigenvalue weighted by Crippen LogP contribution is -2.43. The molecule has 16 heavy (non-hydrogen) atoms. The van der Waals surface area contributed by atoms with E-state index in [0.29, 0.717) is 25.2 Å². The van der Waals surface area contributed by atoms with Gasteiger partial charge in [0.15, 0.2) is 0 Å². The summed E-state index contributed by atoms with van der Waals surface area (Å²) < 4.78 is 10.1. The maximum Gasteiger partial charge on any atom is 0.333 e. The fraction of sp³-hybridized carbons (Fsp3) is 0.727. The number of aliphatic hydroxyl groups excluding tert-OH is 1. The molecule has 2 unspecified atom stereocenters. The van der Waals surface area contributed by atoms with Gasteiger partial charge in [0.1, 0.15) is 6.61 Å². The van der Waals surface area contributed by atoms with Crippen molar-refractivity contribution in [2.24, 2.45) is 0 Å². The Bertz CT molecular complexity index is 248. The normalized spacial score (nSPS) is 22.5. The van der Waals surface area contributed by atoms with Gasteiger partial charge in [0.25, 0.3) is 0 Å². The number of aliphatic hydroxyl groups is 1. The SMILES string of the molecule is C=C(C)C(=O)OCC(O)CC1COCCN1. The molecule has 0 spiro atoms. The topological polar surface area (TPSA) is 67.8 Å².